The second-order valence-corrected chi connectivity index (χ2v) is 5.11. The highest BCUT2D eigenvalue weighted by Gasteiger charge is 2.08. The predicted octanol–water partition coefficient (Wildman–Crippen LogP) is 3.18. The minimum Gasteiger partial charge on any atom is -0.508 e. The molecule has 0 unspecified atom stereocenters. The third-order valence-electron chi connectivity index (χ3n) is 3.45. The van der Waals surface area contributed by atoms with Gasteiger partial charge < -0.3 is 10.4 Å². The van der Waals surface area contributed by atoms with Crippen LogP contribution in [0, 0.1) is 11.3 Å². The van der Waals surface area contributed by atoms with Gasteiger partial charge in [0.2, 0.25) is 0 Å². The highest BCUT2D eigenvalue weighted by Crippen LogP contribution is 2.13. The van der Waals surface area contributed by atoms with Crippen molar-refractivity contribution in [2.45, 2.75) is 19.9 Å². The molecule has 0 saturated carbocycles. The average Bonchev–Trinajstić information content (AvgIpc) is 2.59. The van der Waals surface area contributed by atoms with Gasteiger partial charge >= 0.3 is 0 Å². The largest absolute Gasteiger partial charge is 0.508 e. The first kappa shape index (κ1) is 16.3. The summed E-state index contributed by atoms with van der Waals surface area (Å²) < 4.78 is 0. The molecule has 116 valence electrons. The number of phenols is 1. The van der Waals surface area contributed by atoms with Crippen molar-refractivity contribution in [1.82, 2.24) is 5.32 Å². The first-order chi connectivity index (χ1) is 11.1. The van der Waals surface area contributed by atoms with Crippen molar-refractivity contribution in [2.24, 2.45) is 0 Å². The number of benzene rings is 2. The Bertz CT molecular complexity index is 738. The monoisotopic (exact) mass is 306 g/mol. The molecular weight excluding hydrogens is 288 g/mol. The molecule has 23 heavy (non-hydrogen) atoms. The van der Waals surface area contributed by atoms with Crippen molar-refractivity contribution in [3.63, 3.8) is 0 Å². The number of aryl methyl sites for hydroxylation is 1. The number of rotatable bonds is 5. The highest BCUT2D eigenvalue weighted by molar-refractivity contribution is 6.01. The summed E-state index contributed by atoms with van der Waals surface area (Å²) in [5.41, 5.74) is 2.94. The highest BCUT2D eigenvalue weighted by atomic mass is 16.3. The summed E-state index contributed by atoms with van der Waals surface area (Å²) in [6.45, 7) is 2.46. The van der Waals surface area contributed by atoms with Crippen LogP contribution in [0.5, 0.6) is 5.75 Å². The normalized spacial score (nSPS) is 10.9. The van der Waals surface area contributed by atoms with Crippen LogP contribution in [-0.2, 0) is 17.8 Å². The standard InChI is InChI=1S/C19H18N2O2/c1-2-14-3-5-16(6-4-14)13-21-19(23)17(12-20)11-15-7-9-18(22)10-8-15/h3-11,22H,2,13H2,1H3,(H,21,23)/b17-11+. The molecule has 0 radical (unpaired) electrons. The van der Waals surface area contributed by atoms with E-state index in [1.807, 2.05) is 30.3 Å². The van der Waals surface area contributed by atoms with E-state index in [1.54, 1.807) is 12.1 Å². The molecule has 0 atom stereocenters. The Kier molecular flexibility index (Phi) is 5.54. The fraction of sp³-hybridized carbons (Fsp3) is 0.158. The molecule has 0 saturated heterocycles. The van der Waals surface area contributed by atoms with Crippen molar-refractivity contribution < 1.29 is 9.90 Å². The van der Waals surface area contributed by atoms with E-state index in [2.05, 4.69) is 12.2 Å². The van der Waals surface area contributed by atoms with E-state index < -0.39 is 5.91 Å². The first-order valence-corrected chi connectivity index (χ1v) is 7.39. The summed E-state index contributed by atoms with van der Waals surface area (Å²) in [6, 6.07) is 16.2. The number of carbonyl (C=O) groups is 1. The van der Waals surface area contributed by atoms with Crippen molar-refractivity contribution in [1.29, 1.82) is 5.26 Å². The Morgan fingerprint density at radius 2 is 1.74 bits per heavy atom. The van der Waals surface area contributed by atoms with Crippen LogP contribution in [0.2, 0.25) is 0 Å². The number of hydrogen-bond donors (Lipinski definition) is 2. The third kappa shape index (κ3) is 4.72. The lowest BCUT2D eigenvalue weighted by Gasteiger charge is -2.05. The maximum atomic E-state index is 12.1. The number of hydrogen-bond acceptors (Lipinski definition) is 3. The van der Waals surface area contributed by atoms with Crippen LogP contribution >= 0.6 is 0 Å². The number of carbonyl (C=O) groups excluding carboxylic acids is 1. The summed E-state index contributed by atoms with van der Waals surface area (Å²) >= 11 is 0. The molecule has 2 rings (SSSR count). The van der Waals surface area contributed by atoms with E-state index in [0.29, 0.717) is 12.1 Å². The second kappa shape index (κ2) is 7.81. The van der Waals surface area contributed by atoms with Crippen LogP contribution < -0.4 is 5.32 Å². The molecule has 2 aromatic carbocycles. The Morgan fingerprint density at radius 3 is 2.30 bits per heavy atom. The van der Waals surface area contributed by atoms with Gasteiger partial charge in [-0.3, -0.25) is 4.79 Å². The van der Waals surface area contributed by atoms with E-state index in [-0.39, 0.29) is 11.3 Å². The number of amides is 1. The maximum Gasteiger partial charge on any atom is 0.262 e. The molecule has 0 bridgehead atoms. The summed E-state index contributed by atoms with van der Waals surface area (Å²) in [5, 5.41) is 21.1. The molecule has 4 heteroatoms. The summed E-state index contributed by atoms with van der Waals surface area (Å²) in [5.74, 6) is -0.277. The Morgan fingerprint density at radius 1 is 1.13 bits per heavy atom. The summed E-state index contributed by atoms with van der Waals surface area (Å²) in [7, 11) is 0. The van der Waals surface area contributed by atoms with Crippen LogP contribution in [0.25, 0.3) is 6.08 Å². The lowest BCUT2D eigenvalue weighted by Crippen LogP contribution is -2.23. The zero-order valence-corrected chi connectivity index (χ0v) is 12.9. The molecule has 4 nitrogen and oxygen atoms in total. The van der Waals surface area contributed by atoms with Crippen molar-refractivity contribution >= 4 is 12.0 Å². The molecular formula is C19H18N2O2. The van der Waals surface area contributed by atoms with E-state index in [0.717, 1.165) is 12.0 Å². The van der Waals surface area contributed by atoms with Gasteiger partial charge in [0.05, 0.1) is 0 Å². The fourth-order valence-electron chi connectivity index (χ4n) is 2.06. The minimum atomic E-state index is -0.417. The molecule has 2 aromatic rings. The lowest BCUT2D eigenvalue weighted by molar-refractivity contribution is -0.117. The predicted molar refractivity (Wildman–Crippen MR) is 89.4 cm³/mol. The summed E-state index contributed by atoms with van der Waals surface area (Å²) in [6.07, 6.45) is 2.47. The van der Waals surface area contributed by atoms with E-state index in [1.165, 1.54) is 23.8 Å². The number of aromatic hydroxyl groups is 1. The third-order valence-corrected chi connectivity index (χ3v) is 3.45. The van der Waals surface area contributed by atoms with Gasteiger partial charge in [0, 0.05) is 6.54 Å². The van der Waals surface area contributed by atoms with Crippen molar-refractivity contribution in [3.05, 3.63) is 70.8 Å². The van der Waals surface area contributed by atoms with Gasteiger partial charge in [-0.2, -0.15) is 5.26 Å². The van der Waals surface area contributed by atoms with Gasteiger partial charge in [-0.1, -0.05) is 43.3 Å². The van der Waals surface area contributed by atoms with Crippen molar-refractivity contribution in [3.8, 4) is 11.8 Å². The molecule has 0 fully saturated rings. The van der Waals surface area contributed by atoms with E-state index >= 15 is 0 Å². The number of nitrogens with zero attached hydrogens (tertiary/aromatic N) is 1. The van der Waals surface area contributed by atoms with E-state index in [9.17, 15) is 9.90 Å². The Balaban J connectivity index is 2.02. The van der Waals surface area contributed by atoms with Gasteiger partial charge in [-0.05, 0) is 41.3 Å². The average molecular weight is 306 g/mol. The fourth-order valence-corrected chi connectivity index (χ4v) is 2.06. The second-order valence-electron chi connectivity index (χ2n) is 5.11. The van der Waals surface area contributed by atoms with Crippen molar-refractivity contribution in [2.75, 3.05) is 0 Å². The molecule has 0 heterocycles. The molecule has 0 spiro atoms. The van der Waals surface area contributed by atoms with Gasteiger partial charge in [0.15, 0.2) is 0 Å². The zero-order valence-electron chi connectivity index (χ0n) is 12.9. The van der Waals surface area contributed by atoms with Gasteiger partial charge in [-0.15, -0.1) is 0 Å². The molecule has 0 aliphatic carbocycles. The van der Waals surface area contributed by atoms with Gasteiger partial charge in [0.1, 0.15) is 17.4 Å². The van der Waals surface area contributed by atoms with Crippen LogP contribution in [-0.4, -0.2) is 11.0 Å². The Labute approximate surface area is 135 Å². The first-order valence-electron chi connectivity index (χ1n) is 7.39. The van der Waals surface area contributed by atoms with Crippen LogP contribution in [0.3, 0.4) is 0 Å². The maximum absolute atomic E-state index is 12.1. The number of nitriles is 1. The Hall–Kier alpha value is -3.06. The van der Waals surface area contributed by atoms with Crippen LogP contribution in [0.15, 0.2) is 54.1 Å². The van der Waals surface area contributed by atoms with Crippen LogP contribution in [0.4, 0.5) is 0 Å². The molecule has 0 aromatic heterocycles. The van der Waals surface area contributed by atoms with E-state index in [4.69, 9.17) is 5.26 Å². The quantitative estimate of drug-likeness (QED) is 0.658. The smallest absolute Gasteiger partial charge is 0.262 e. The number of phenolic OH excluding ortho intramolecular Hbond substituents is 1. The molecule has 1 amide bonds. The lowest BCUT2D eigenvalue weighted by atomic mass is 10.1. The minimum absolute atomic E-state index is 0.0286. The molecule has 0 aliphatic rings. The zero-order chi connectivity index (χ0) is 16.7. The SMILES string of the molecule is CCc1ccc(CNC(=O)/C(C#N)=C/c2ccc(O)cc2)cc1. The van der Waals surface area contributed by atoms with Crippen LogP contribution in [0.1, 0.15) is 23.6 Å². The summed E-state index contributed by atoms with van der Waals surface area (Å²) in [4.78, 5) is 12.1. The molecule has 2 N–H and O–H groups in total. The topological polar surface area (TPSA) is 73.1 Å². The number of nitrogens with one attached hydrogen (secondary N) is 1. The molecule has 0 aliphatic heterocycles. The van der Waals surface area contributed by atoms with Gasteiger partial charge in [0.25, 0.3) is 5.91 Å². The van der Waals surface area contributed by atoms with Gasteiger partial charge in [-0.25, -0.2) is 0 Å².